The maximum absolute atomic E-state index is 12.7. The average Bonchev–Trinajstić information content (AvgIpc) is 3.19. The number of carboxylic acids is 1. The fourth-order valence-corrected chi connectivity index (χ4v) is 5.15. The van der Waals surface area contributed by atoms with Crippen LogP contribution < -0.4 is 0 Å². The Kier molecular flexibility index (Phi) is 37.9. The molecule has 0 aromatic carbocycles. The van der Waals surface area contributed by atoms with Crippen molar-refractivity contribution in [3.8, 4) is 0 Å². The van der Waals surface area contributed by atoms with Gasteiger partial charge in [-0.1, -0.05) is 136 Å². The van der Waals surface area contributed by atoms with Crippen molar-refractivity contribution in [1.29, 1.82) is 0 Å². The van der Waals surface area contributed by atoms with Gasteiger partial charge in [0.1, 0.15) is 13.2 Å². The Labute approximate surface area is 358 Å². The number of aliphatic carboxylic acids is 1. The molecule has 0 aromatic heterocycles. The third-order valence-corrected chi connectivity index (χ3v) is 8.52. The number of esters is 2. The number of ether oxygens (including phenoxy) is 4. The number of carboxylic acid groups (broad SMARTS) is 1. The van der Waals surface area contributed by atoms with Gasteiger partial charge in [-0.05, 0) is 89.9 Å². The molecule has 0 rings (SSSR count). The molecular weight excluding hydrogens is 743 g/mol. The van der Waals surface area contributed by atoms with Crippen molar-refractivity contribution in [1.82, 2.24) is 0 Å². The number of carbonyl (C=O) groups excluding carboxylic acids is 2. The summed E-state index contributed by atoms with van der Waals surface area (Å²) in [7, 11) is 5.91. The summed E-state index contributed by atoms with van der Waals surface area (Å²) >= 11 is 0. The lowest BCUT2D eigenvalue weighted by Gasteiger charge is -2.25. The Morgan fingerprint density at radius 2 is 0.932 bits per heavy atom. The highest BCUT2D eigenvalue weighted by molar-refractivity contribution is 5.71. The van der Waals surface area contributed by atoms with Crippen LogP contribution in [0.3, 0.4) is 0 Å². The smallest absolute Gasteiger partial charge is 0.361 e. The Morgan fingerprint density at radius 3 is 1.39 bits per heavy atom. The normalized spacial score (nSPS) is 14.0. The monoisotopic (exact) mass is 823 g/mol. The van der Waals surface area contributed by atoms with Crippen LogP contribution in [0.4, 0.5) is 0 Å². The molecule has 0 bridgehead atoms. The van der Waals surface area contributed by atoms with Crippen molar-refractivity contribution in [3.05, 3.63) is 109 Å². The number of likely N-dealkylation sites (N-methyl/N-ethyl adjacent to an activating group) is 1. The van der Waals surface area contributed by atoms with Crippen molar-refractivity contribution < 1.29 is 42.9 Å². The predicted molar refractivity (Wildman–Crippen MR) is 244 cm³/mol. The van der Waals surface area contributed by atoms with E-state index in [0.29, 0.717) is 30.3 Å². The van der Waals surface area contributed by atoms with Crippen molar-refractivity contribution in [3.63, 3.8) is 0 Å². The van der Waals surface area contributed by atoms with E-state index in [9.17, 15) is 19.5 Å². The topological polar surface area (TPSA) is 108 Å². The van der Waals surface area contributed by atoms with Crippen LogP contribution in [0.15, 0.2) is 109 Å². The first-order valence-corrected chi connectivity index (χ1v) is 22.1. The van der Waals surface area contributed by atoms with Crippen LogP contribution in [-0.4, -0.2) is 87.4 Å². The molecule has 332 valence electrons. The summed E-state index contributed by atoms with van der Waals surface area (Å²) < 4.78 is 22.6. The number of nitrogens with zero attached hydrogens (tertiary/aromatic N) is 1. The molecule has 0 saturated heterocycles. The number of hydrogen-bond acceptors (Lipinski definition) is 7. The van der Waals surface area contributed by atoms with Crippen LogP contribution in [0.1, 0.15) is 129 Å². The fraction of sp³-hybridized carbons (Fsp3) is 0.580. The summed E-state index contributed by atoms with van der Waals surface area (Å²) in [5.41, 5.74) is 0. The van der Waals surface area contributed by atoms with Crippen molar-refractivity contribution >= 4 is 17.9 Å². The second kappa shape index (κ2) is 40.7. The highest BCUT2D eigenvalue weighted by Crippen LogP contribution is 2.10. The lowest BCUT2D eigenvalue weighted by atomic mass is 10.1. The van der Waals surface area contributed by atoms with Crippen LogP contribution in [0.5, 0.6) is 0 Å². The van der Waals surface area contributed by atoms with Gasteiger partial charge in [-0.15, -0.1) is 0 Å². The number of hydrogen-bond donors (Lipinski definition) is 1. The minimum Gasteiger partial charge on any atom is -0.477 e. The van der Waals surface area contributed by atoms with Crippen molar-refractivity contribution in [2.75, 3.05) is 47.5 Å². The van der Waals surface area contributed by atoms with Crippen LogP contribution in [0, 0.1) is 0 Å². The largest absolute Gasteiger partial charge is 0.477 e. The molecule has 9 nitrogen and oxygen atoms in total. The van der Waals surface area contributed by atoms with Gasteiger partial charge in [0.25, 0.3) is 6.29 Å². The van der Waals surface area contributed by atoms with E-state index in [1.807, 2.05) is 27.2 Å². The predicted octanol–water partition coefficient (Wildman–Crippen LogP) is 11.7. The molecule has 2 unspecified atom stereocenters. The molecule has 0 amide bonds. The summed E-state index contributed by atoms with van der Waals surface area (Å²) in [5.74, 6) is -2.14. The van der Waals surface area contributed by atoms with Gasteiger partial charge in [0.05, 0.1) is 34.4 Å². The number of quaternary nitrogens is 1. The third kappa shape index (κ3) is 41.9. The molecule has 2 atom stereocenters. The van der Waals surface area contributed by atoms with Crippen LogP contribution in [0.25, 0.3) is 0 Å². The minimum absolute atomic E-state index is 0.166. The number of allylic oxidation sites excluding steroid dienone is 18. The second-order valence-corrected chi connectivity index (χ2v) is 15.2. The molecule has 0 radical (unpaired) electrons. The summed E-state index contributed by atoms with van der Waals surface area (Å²) in [5, 5.41) is 9.63. The van der Waals surface area contributed by atoms with E-state index >= 15 is 0 Å². The van der Waals surface area contributed by atoms with Gasteiger partial charge in [-0.3, -0.25) is 9.59 Å². The van der Waals surface area contributed by atoms with Crippen LogP contribution in [0.2, 0.25) is 0 Å². The van der Waals surface area contributed by atoms with E-state index in [-0.39, 0.29) is 32.7 Å². The van der Waals surface area contributed by atoms with Gasteiger partial charge in [-0.25, -0.2) is 4.79 Å². The van der Waals surface area contributed by atoms with Crippen LogP contribution in [-0.2, 0) is 33.3 Å². The molecule has 0 aliphatic heterocycles. The SMILES string of the molecule is CC/C=C\C/C=C\C/C=C\C/C=C\C/C=C\CCCC(=O)OC(COC(=O)CCCCCC/C=C\C/C=C\C/C=C\C/C=C\CC)COC(OCC[N+](C)(C)C)C(=O)O. The second-order valence-electron chi connectivity index (χ2n) is 15.2. The van der Waals surface area contributed by atoms with Crippen molar-refractivity contribution in [2.24, 2.45) is 0 Å². The van der Waals surface area contributed by atoms with Gasteiger partial charge in [0, 0.05) is 12.8 Å². The lowest BCUT2D eigenvalue weighted by molar-refractivity contribution is -0.870. The first kappa shape index (κ1) is 55.0. The standard InChI is InChI=1S/C50H79NO8/c1-6-8-10-12-14-16-18-20-22-24-26-28-30-32-34-36-38-40-47(52)57-44-46(45-58-50(49(54)55)56-43-42-51(3,4)5)59-48(53)41-39-37-35-33-31-29-27-25-23-21-19-17-15-13-11-9-7-2/h8-11,14-17,20-23,26-29,33,35,46,50H,6-7,12-13,18-19,24-25,30-32,34,36-45H2,1-5H3/p+1/b10-8-,11-9-,16-14-,17-15-,22-20-,23-21-,28-26-,29-27-,35-33-. The van der Waals surface area contributed by atoms with E-state index in [2.05, 4.69) is 117 Å². The maximum Gasteiger partial charge on any atom is 0.361 e. The Balaban J connectivity index is 4.62. The highest BCUT2D eigenvalue weighted by atomic mass is 16.7. The zero-order valence-corrected chi connectivity index (χ0v) is 37.4. The zero-order valence-electron chi connectivity index (χ0n) is 37.4. The Hall–Kier alpha value is -4.05. The fourth-order valence-electron chi connectivity index (χ4n) is 5.15. The van der Waals surface area contributed by atoms with Crippen LogP contribution >= 0.6 is 0 Å². The molecule has 0 saturated carbocycles. The summed E-state index contributed by atoms with van der Waals surface area (Å²) in [4.78, 5) is 37.1. The van der Waals surface area contributed by atoms with Gasteiger partial charge in [0.2, 0.25) is 0 Å². The number of rotatable bonds is 38. The average molecular weight is 823 g/mol. The van der Waals surface area contributed by atoms with E-state index in [0.717, 1.165) is 83.5 Å². The maximum atomic E-state index is 12.7. The van der Waals surface area contributed by atoms with Gasteiger partial charge < -0.3 is 28.5 Å². The molecule has 0 aromatic rings. The lowest BCUT2D eigenvalue weighted by Crippen LogP contribution is -2.40. The van der Waals surface area contributed by atoms with E-state index < -0.39 is 30.3 Å². The van der Waals surface area contributed by atoms with E-state index in [1.165, 1.54) is 0 Å². The quantitative estimate of drug-likeness (QED) is 0.0216. The van der Waals surface area contributed by atoms with Gasteiger partial charge >= 0.3 is 17.9 Å². The molecule has 0 aliphatic carbocycles. The Morgan fingerprint density at radius 1 is 0.508 bits per heavy atom. The molecule has 0 aliphatic rings. The molecule has 0 spiro atoms. The minimum atomic E-state index is -1.54. The summed E-state index contributed by atoms with van der Waals surface area (Å²) in [6.07, 6.45) is 51.6. The first-order valence-electron chi connectivity index (χ1n) is 22.1. The molecule has 1 N–H and O–H groups in total. The van der Waals surface area contributed by atoms with E-state index in [4.69, 9.17) is 18.9 Å². The van der Waals surface area contributed by atoms with E-state index in [1.54, 1.807) is 0 Å². The molecule has 9 heteroatoms. The Bertz CT molecular complexity index is 1330. The molecular formula is C50H80NO8+. The molecule has 0 heterocycles. The first-order chi connectivity index (χ1) is 28.6. The highest BCUT2D eigenvalue weighted by Gasteiger charge is 2.25. The zero-order chi connectivity index (χ0) is 43.5. The molecule has 0 fully saturated rings. The third-order valence-electron chi connectivity index (χ3n) is 8.52. The summed E-state index contributed by atoms with van der Waals surface area (Å²) in [6.45, 7) is 4.50. The molecule has 59 heavy (non-hydrogen) atoms. The number of unbranched alkanes of at least 4 members (excludes halogenated alkanes) is 5. The number of carbonyl (C=O) groups is 3. The summed E-state index contributed by atoms with van der Waals surface area (Å²) in [6, 6.07) is 0. The van der Waals surface area contributed by atoms with Gasteiger partial charge in [-0.2, -0.15) is 0 Å². The van der Waals surface area contributed by atoms with Gasteiger partial charge in [0.15, 0.2) is 6.10 Å². The van der Waals surface area contributed by atoms with Crippen molar-refractivity contribution in [2.45, 2.75) is 142 Å².